The first-order chi connectivity index (χ1) is 3.80. The van der Waals surface area contributed by atoms with Gasteiger partial charge in [-0.25, -0.2) is 0 Å². The highest BCUT2D eigenvalue weighted by molar-refractivity contribution is 4.80. The maximum Gasteiger partial charge on any atom is 0.0216 e. The first kappa shape index (κ1) is 6.05. The minimum atomic E-state index is 0.331. The van der Waals surface area contributed by atoms with E-state index in [4.69, 9.17) is 5.73 Å². The number of hydrogen-bond acceptors (Lipinski definition) is 2. The summed E-state index contributed by atoms with van der Waals surface area (Å²) in [5.41, 5.74) is 5.64. The molecule has 3 N–H and O–H groups in total. The topological polar surface area (TPSA) is 38.0 Å². The number of rotatable bonds is 1. The van der Waals surface area contributed by atoms with Gasteiger partial charge in [0.15, 0.2) is 0 Å². The summed E-state index contributed by atoms with van der Waals surface area (Å²) >= 11 is 0. The molecule has 0 aromatic heterocycles. The van der Waals surface area contributed by atoms with E-state index in [1.807, 2.05) is 0 Å². The molecule has 0 aromatic carbocycles. The van der Waals surface area contributed by atoms with E-state index in [9.17, 15) is 0 Å². The molecule has 0 bridgehead atoms. The summed E-state index contributed by atoms with van der Waals surface area (Å²) in [4.78, 5) is 0. The van der Waals surface area contributed by atoms with E-state index in [1.165, 1.54) is 12.8 Å². The van der Waals surface area contributed by atoms with Crippen LogP contribution in [0.5, 0.6) is 0 Å². The summed E-state index contributed by atoms with van der Waals surface area (Å²) in [5, 5.41) is 3.33. The molecule has 48 valence electrons. The molecule has 0 aliphatic carbocycles. The van der Waals surface area contributed by atoms with Gasteiger partial charge in [0.1, 0.15) is 0 Å². The Labute approximate surface area is 50.4 Å². The van der Waals surface area contributed by atoms with Crippen LogP contribution in [0.15, 0.2) is 0 Å². The van der Waals surface area contributed by atoms with Crippen LogP contribution in [0.2, 0.25) is 0 Å². The molecule has 2 nitrogen and oxygen atoms in total. The molecule has 0 radical (unpaired) electrons. The Balaban J connectivity index is 2.24. The minimum Gasteiger partial charge on any atom is -0.327 e. The Morgan fingerprint density at radius 3 is 2.75 bits per heavy atom. The van der Waals surface area contributed by atoms with E-state index >= 15 is 0 Å². The third-order valence-electron chi connectivity index (χ3n) is 1.73. The summed E-state index contributed by atoms with van der Waals surface area (Å²) in [7, 11) is 0. The van der Waals surface area contributed by atoms with Crippen LogP contribution < -0.4 is 11.1 Å². The number of hydrogen-bond donors (Lipinski definition) is 2. The lowest BCUT2D eigenvalue weighted by molar-refractivity contribution is 0.513. The maximum absolute atomic E-state index is 5.64. The fraction of sp³-hybridized carbons (Fsp3) is 1.00. The van der Waals surface area contributed by atoms with Crippen molar-refractivity contribution in [3.8, 4) is 0 Å². The van der Waals surface area contributed by atoms with Crippen molar-refractivity contribution >= 4 is 0 Å². The van der Waals surface area contributed by atoms with Crippen LogP contribution in [-0.4, -0.2) is 18.6 Å². The highest BCUT2D eigenvalue weighted by Crippen LogP contribution is 2.06. The van der Waals surface area contributed by atoms with Crippen molar-refractivity contribution < 1.29 is 0 Å². The normalized spacial score (nSPS) is 33.0. The largest absolute Gasteiger partial charge is 0.327 e. The zero-order valence-electron chi connectivity index (χ0n) is 5.35. The van der Waals surface area contributed by atoms with E-state index in [-0.39, 0.29) is 0 Å². The fourth-order valence-corrected chi connectivity index (χ4v) is 1.16. The zero-order chi connectivity index (χ0) is 5.98. The minimum absolute atomic E-state index is 0.331. The van der Waals surface area contributed by atoms with Crippen LogP contribution in [0.1, 0.15) is 19.8 Å². The quantitative estimate of drug-likeness (QED) is 0.507. The van der Waals surface area contributed by atoms with Gasteiger partial charge in [0.05, 0.1) is 0 Å². The van der Waals surface area contributed by atoms with Crippen LogP contribution in [0.4, 0.5) is 0 Å². The Bertz CT molecular complexity index is 64.9. The molecule has 1 saturated heterocycles. The van der Waals surface area contributed by atoms with E-state index in [1.54, 1.807) is 0 Å². The van der Waals surface area contributed by atoms with E-state index in [0.717, 1.165) is 6.54 Å². The first-order valence-corrected chi connectivity index (χ1v) is 3.29. The average Bonchev–Trinajstić information content (AvgIpc) is 2.12. The molecule has 2 atom stereocenters. The molecule has 8 heavy (non-hydrogen) atoms. The average molecular weight is 114 g/mol. The molecule has 0 saturated carbocycles. The van der Waals surface area contributed by atoms with Crippen LogP contribution in [0.3, 0.4) is 0 Å². The van der Waals surface area contributed by atoms with Crippen LogP contribution in [-0.2, 0) is 0 Å². The van der Waals surface area contributed by atoms with Crippen molar-refractivity contribution in [3.63, 3.8) is 0 Å². The summed E-state index contributed by atoms with van der Waals surface area (Å²) in [6.07, 6.45) is 2.56. The lowest BCUT2D eigenvalue weighted by Gasteiger charge is -2.12. The van der Waals surface area contributed by atoms with Crippen LogP contribution >= 0.6 is 0 Å². The fourth-order valence-electron chi connectivity index (χ4n) is 1.16. The summed E-state index contributed by atoms with van der Waals surface area (Å²) in [6, 6.07) is 0.924. The second kappa shape index (κ2) is 2.46. The molecule has 0 aromatic rings. The van der Waals surface area contributed by atoms with Crippen molar-refractivity contribution in [2.75, 3.05) is 6.54 Å². The maximum atomic E-state index is 5.64. The van der Waals surface area contributed by atoms with Gasteiger partial charge in [0.2, 0.25) is 0 Å². The van der Waals surface area contributed by atoms with Crippen LogP contribution in [0, 0.1) is 0 Å². The zero-order valence-corrected chi connectivity index (χ0v) is 5.35. The van der Waals surface area contributed by atoms with Crippen molar-refractivity contribution in [2.45, 2.75) is 31.8 Å². The Kier molecular flexibility index (Phi) is 1.86. The molecule has 0 spiro atoms. The van der Waals surface area contributed by atoms with Gasteiger partial charge in [0, 0.05) is 12.1 Å². The van der Waals surface area contributed by atoms with E-state index in [2.05, 4.69) is 12.2 Å². The summed E-state index contributed by atoms with van der Waals surface area (Å²) < 4.78 is 0. The molecule has 2 unspecified atom stereocenters. The van der Waals surface area contributed by atoms with Crippen molar-refractivity contribution in [2.24, 2.45) is 5.73 Å². The predicted molar refractivity (Wildman–Crippen MR) is 34.7 cm³/mol. The lowest BCUT2D eigenvalue weighted by atomic mass is 10.1. The molecule has 1 heterocycles. The number of nitrogens with two attached hydrogens (primary N) is 1. The Hall–Kier alpha value is -0.0800. The summed E-state index contributed by atoms with van der Waals surface area (Å²) in [5.74, 6) is 0. The molecular formula is C6H14N2. The third-order valence-corrected chi connectivity index (χ3v) is 1.73. The predicted octanol–water partition coefficient (Wildman–Crippen LogP) is 0.0856. The van der Waals surface area contributed by atoms with Crippen molar-refractivity contribution in [1.82, 2.24) is 5.32 Å². The standard InChI is InChI=1S/C6H14N2/c1-5(7)6-3-2-4-8-6/h5-6,8H,2-4,7H2,1H3. The molecule has 1 fully saturated rings. The lowest BCUT2D eigenvalue weighted by Crippen LogP contribution is -2.38. The molecular weight excluding hydrogens is 100 g/mol. The Morgan fingerprint density at radius 2 is 2.50 bits per heavy atom. The van der Waals surface area contributed by atoms with Crippen molar-refractivity contribution in [3.05, 3.63) is 0 Å². The van der Waals surface area contributed by atoms with Gasteiger partial charge < -0.3 is 11.1 Å². The van der Waals surface area contributed by atoms with Gasteiger partial charge in [-0.3, -0.25) is 0 Å². The van der Waals surface area contributed by atoms with E-state index in [0.29, 0.717) is 12.1 Å². The molecule has 0 amide bonds. The van der Waals surface area contributed by atoms with Gasteiger partial charge in [-0.2, -0.15) is 0 Å². The van der Waals surface area contributed by atoms with Crippen LogP contribution in [0.25, 0.3) is 0 Å². The van der Waals surface area contributed by atoms with Crippen molar-refractivity contribution in [1.29, 1.82) is 0 Å². The second-order valence-electron chi connectivity index (χ2n) is 2.56. The monoisotopic (exact) mass is 114 g/mol. The molecule has 2 heteroatoms. The Morgan fingerprint density at radius 1 is 1.75 bits per heavy atom. The molecule has 1 rings (SSSR count). The van der Waals surface area contributed by atoms with Gasteiger partial charge in [-0.05, 0) is 26.3 Å². The van der Waals surface area contributed by atoms with Gasteiger partial charge in [-0.1, -0.05) is 0 Å². The van der Waals surface area contributed by atoms with E-state index < -0.39 is 0 Å². The highest BCUT2D eigenvalue weighted by Gasteiger charge is 2.16. The van der Waals surface area contributed by atoms with Gasteiger partial charge in [0.25, 0.3) is 0 Å². The van der Waals surface area contributed by atoms with Gasteiger partial charge >= 0.3 is 0 Å². The third kappa shape index (κ3) is 1.20. The molecule has 1 aliphatic rings. The summed E-state index contributed by atoms with van der Waals surface area (Å²) in [6.45, 7) is 3.22. The molecule has 1 aliphatic heterocycles. The highest BCUT2D eigenvalue weighted by atomic mass is 15.0. The first-order valence-electron chi connectivity index (χ1n) is 3.29. The second-order valence-corrected chi connectivity index (χ2v) is 2.56. The SMILES string of the molecule is CC(N)C1CCCN1. The smallest absolute Gasteiger partial charge is 0.0216 e. The van der Waals surface area contributed by atoms with Gasteiger partial charge in [-0.15, -0.1) is 0 Å². The number of nitrogens with one attached hydrogen (secondary N) is 1.